The summed E-state index contributed by atoms with van der Waals surface area (Å²) >= 11 is 1.42. The second-order valence-electron chi connectivity index (χ2n) is 6.30. The highest BCUT2D eigenvalue weighted by Crippen LogP contribution is 2.33. The van der Waals surface area contributed by atoms with Crippen molar-refractivity contribution < 1.29 is 9.53 Å². The maximum Gasteiger partial charge on any atom is 0.276 e. The number of aryl methyl sites for hydroxylation is 1. The number of carbonyl (C=O) groups excluding carboxylic acids is 1. The molecule has 0 bridgehead atoms. The summed E-state index contributed by atoms with van der Waals surface area (Å²) in [5.41, 5.74) is 4.13. The van der Waals surface area contributed by atoms with Crippen LogP contribution in [0.3, 0.4) is 0 Å². The molecule has 2 aromatic rings. The minimum Gasteiger partial charge on any atom is -0.484 e. The average Bonchev–Trinajstić information content (AvgIpc) is 3.01. The minimum absolute atomic E-state index is 0.0474. The van der Waals surface area contributed by atoms with Gasteiger partial charge in [0.1, 0.15) is 11.6 Å². The highest BCUT2D eigenvalue weighted by Gasteiger charge is 2.15. The van der Waals surface area contributed by atoms with E-state index in [1.165, 1.54) is 49.4 Å². The van der Waals surface area contributed by atoms with Crippen LogP contribution in [0, 0.1) is 6.92 Å². The van der Waals surface area contributed by atoms with Gasteiger partial charge in [-0.25, -0.2) is 4.68 Å². The van der Waals surface area contributed by atoms with Crippen LogP contribution < -0.4 is 10.2 Å². The van der Waals surface area contributed by atoms with Crippen molar-refractivity contribution in [2.24, 2.45) is 0 Å². The number of hydrogen-bond donors (Lipinski definition) is 1. The van der Waals surface area contributed by atoms with E-state index in [2.05, 4.69) is 27.8 Å². The zero-order chi connectivity index (χ0) is 17.6. The molecule has 0 spiro atoms. The van der Waals surface area contributed by atoms with Gasteiger partial charge < -0.3 is 4.74 Å². The molecule has 1 aliphatic carbocycles. The largest absolute Gasteiger partial charge is 0.484 e. The summed E-state index contributed by atoms with van der Waals surface area (Å²) in [6.45, 7) is 1.74. The van der Waals surface area contributed by atoms with Crippen molar-refractivity contribution in [3.05, 3.63) is 35.7 Å². The van der Waals surface area contributed by atoms with Gasteiger partial charge >= 0.3 is 0 Å². The highest BCUT2D eigenvalue weighted by molar-refractivity contribution is 7.98. The molecule has 1 aliphatic rings. The van der Waals surface area contributed by atoms with Crippen molar-refractivity contribution in [2.75, 3.05) is 18.3 Å². The molecular weight excluding hydrogens is 336 g/mol. The molecule has 1 aromatic heterocycles. The topological polar surface area (TPSA) is 69.0 Å². The van der Waals surface area contributed by atoms with Crippen LogP contribution in [0.2, 0.25) is 0 Å². The predicted octanol–water partition coefficient (Wildman–Crippen LogP) is 3.51. The Morgan fingerprint density at radius 2 is 1.96 bits per heavy atom. The third kappa shape index (κ3) is 4.54. The monoisotopic (exact) mass is 360 g/mol. The predicted molar refractivity (Wildman–Crippen MR) is 98.7 cm³/mol. The number of rotatable bonds is 6. The first-order chi connectivity index (χ1) is 12.2. The van der Waals surface area contributed by atoms with Gasteiger partial charge in [0.25, 0.3) is 5.91 Å². The van der Waals surface area contributed by atoms with Gasteiger partial charge in [0, 0.05) is 0 Å². The standard InChI is InChI=1S/C18H24N4O2S/c1-13-19-20-18(25-2)22(13)21-17(23)12-24-16-10-8-15(9-11-16)14-6-4-3-5-7-14/h8-11,14H,3-7,12H2,1-2H3,(H,21,23). The first kappa shape index (κ1) is 17.8. The maximum absolute atomic E-state index is 12.1. The molecule has 1 fully saturated rings. The summed E-state index contributed by atoms with van der Waals surface area (Å²) in [7, 11) is 0. The molecular formula is C18H24N4O2S. The molecule has 134 valence electrons. The van der Waals surface area contributed by atoms with Crippen molar-refractivity contribution >= 4 is 17.7 Å². The summed E-state index contributed by atoms with van der Waals surface area (Å²) in [5.74, 6) is 1.78. The average molecular weight is 360 g/mol. The number of hydrogen-bond acceptors (Lipinski definition) is 5. The third-order valence-corrected chi connectivity index (χ3v) is 5.17. The summed E-state index contributed by atoms with van der Waals surface area (Å²) in [5, 5.41) is 8.57. The second-order valence-corrected chi connectivity index (χ2v) is 7.07. The number of aromatic nitrogens is 3. The second kappa shape index (κ2) is 8.38. The molecule has 3 rings (SSSR count). The number of carbonyl (C=O) groups is 1. The van der Waals surface area contributed by atoms with Crippen molar-refractivity contribution in [3.63, 3.8) is 0 Å². The van der Waals surface area contributed by atoms with Gasteiger partial charge in [0.15, 0.2) is 6.61 Å². The fourth-order valence-corrected chi connectivity index (χ4v) is 3.66. The van der Waals surface area contributed by atoms with Gasteiger partial charge in [0.05, 0.1) is 0 Å². The molecule has 6 nitrogen and oxygen atoms in total. The van der Waals surface area contributed by atoms with E-state index in [0.29, 0.717) is 22.6 Å². The molecule has 1 saturated carbocycles. The summed E-state index contributed by atoms with van der Waals surface area (Å²) in [6.07, 6.45) is 8.44. The summed E-state index contributed by atoms with van der Waals surface area (Å²) in [6, 6.07) is 8.15. The van der Waals surface area contributed by atoms with Crippen LogP contribution in [0.1, 0.15) is 49.4 Å². The maximum atomic E-state index is 12.1. The Balaban J connectivity index is 1.52. The molecule has 0 radical (unpaired) electrons. The Morgan fingerprint density at radius 3 is 2.64 bits per heavy atom. The molecule has 1 heterocycles. The number of thioether (sulfide) groups is 1. The molecule has 0 aliphatic heterocycles. The zero-order valence-electron chi connectivity index (χ0n) is 14.7. The molecule has 7 heteroatoms. The van der Waals surface area contributed by atoms with E-state index in [1.54, 1.807) is 11.6 Å². The van der Waals surface area contributed by atoms with Gasteiger partial charge in [-0.3, -0.25) is 10.2 Å². The first-order valence-corrected chi connectivity index (χ1v) is 9.88. The Hall–Kier alpha value is -2.02. The lowest BCUT2D eigenvalue weighted by Crippen LogP contribution is -2.29. The SMILES string of the molecule is CSc1nnc(C)n1NC(=O)COc1ccc(C2CCCCC2)cc1. The Labute approximate surface area is 152 Å². The van der Waals surface area contributed by atoms with Gasteiger partial charge in [0.2, 0.25) is 5.16 Å². The lowest BCUT2D eigenvalue weighted by Gasteiger charge is -2.22. The number of nitrogens with one attached hydrogen (secondary N) is 1. The third-order valence-electron chi connectivity index (χ3n) is 4.54. The summed E-state index contributed by atoms with van der Waals surface area (Å²) < 4.78 is 7.17. The number of nitrogens with zero attached hydrogens (tertiary/aromatic N) is 3. The van der Waals surface area contributed by atoms with Gasteiger partial charge in [-0.05, 0) is 49.6 Å². The normalized spacial score (nSPS) is 15.1. The van der Waals surface area contributed by atoms with Crippen LogP contribution in [-0.4, -0.2) is 33.6 Å². The van der Waals surface area contributed by atoms with Crippen molar-refractivity contribution in [1.29, 1.82) is 0 Å². The number of amides is 1. The quantitative estimate of drug-likeness (QED) is 0.799. The number of benzene rings is 1. The zero-order valence-corrected chi connectivity index (χ0v) is 15.5. The van der Waals surface area contributed by atoms with Crippen molar-refractivity contribution in [1.82, 2.24) is 14.9 Å². The first-order valence-electron chi connectivity index (χ1n) is 8.66. The van der Waals surface area contributed by atoms with Crippen molar-refractivity contribution in [2.45, 2.75) is 50.1 Å². The Bertz CT molecular complexity index is 708. The van der Waals surface area contributed by atoms with E-state index in [9.17, 15) is 4.79 Å². The molecule has 0 unspecified atom stereocenters. The molecule has 25 heavy (non-hydrogen) atoms. The van der Waals surface area contributed by atoms with Crippen LogP contribution in [0.15, 0.2) is 29.4 Å². The molecule has 1 aromatic carbocycles. The fraction of sp³-hybridized carbons (Fsp3) is 0.500. The Morgan fingerprint density at radius 1 is 1.24 bits per heavy atom. The Kier molecular flexibility index (Phi) is 5.96. The van der Waals surface area contributed by atoms with E-state index in [-0.39, 0.29) is 12.5 Å². The van der Waals surface area contributed by atoms with E-state index in [0.717, 1.165) is 0 Å². The van der Waals surface area contributed by atoms with E-state index >= 15 is 0 Å². The fourth-order valence-electron chi connectivity index (χ4n) is 3.18. The van der Waals surface area contributed by atoms with E-state index in [4.69, 9.17) is 4.74 Å². The van der Waals surface area contributed by atoms with Crippen molar-refractivity contribution in [3.8, 4) is 5.75 Å². The van der Waals surface area contributed by atoms with Crippen LogP contribution in [-0.2, 0) is 4.79 Å². The molecule has 1 amide bonds. The van der Waals surface area contributed by atoms with Crippen LogP contribution in [0.5, 0.6) is 5.75 Å². The van der Waals surface area contributed by atoms with Gasteiger partial charge in [-0.1, -0.05) is 43.2 Å². The lowest BCUT2D eigenvalue weighted by molar-refractivity contribution is -0.119. The number of ether oxygens (including phenoxy) is 1. The van der Waals surface area contributed by atoms with Crippen LogP contribution in [0.4, 0.5) is 0 Å². The molecule has 1 N–H and O–H groups in total. The minimum atomic E-state index is -0.241. The van der Waals surface area contributed by atoms with Crippen LogP contribution in [0.25, 0.3) is 0 Å². The molecule has 0 saturated heterocycles. The van der Waals surface area contributed by atoms with E-state index < -0.39 is 0 Å². The van der Waals surface area contributed by atoms with Gasteiger partial charge in [-0.15, -0.1) is 10.2 Å². The van der Waals surface area contributed by atoms with E-state index in [1.807, 2.05) is 18.4 Å². The van der Waals surface area contributed by atoms with Crippen LogP contribution >= 0.6 is 11.8 Å². The van der Waals surface area contributed by atoms with Gasteiger partial charge in [-0.2, -0.15) is 0 Å². The molecule has 0 atom stereocenters. The smallest absolute Gasteiger partial charge is 0.276 e. The lowest BCUT2D eigenvalue weighted by atomic mass is 9.84. The highest BCUT2D eigenvalue weighted by atomic mass is 32.2. The summed E-state index contributed by atoms with van der Waals surface area (Å²) in [4.78, 5) is 12.1.